The molecule has 0 unspecified atom stereocenters. The van der Waals surface area contributed by atoms with Crippen LogP contribution in [0.3, 0.4) is 0 Å². The number of ether oxygens (including phenoxy) is 3. The minimum Gasteiger partial charge on any atom is -0.494 e. The van der Waals surface area contributed by atoms with Crippen LogP contribution in [0.4, 0.5) is 5.69 Å². The molecule has 1 atom stereocenters. The minimum absolute atomic E-state index is 0.0728. The van der Waals surface area contributed by atoms with Crippen LogP contribution in [0.1, 0.15) is 57.1 Å². The molecule has 0 radical (unpaired) electrons. The lowest BCUT2D eigenvalue weighted by atomic mass is 10.1. The van der Waals surface area contributed by atoms with Crippen molar-refractivity contribution in [2.75, 3.05) is 31.7 Å². The Kier molecular flexibility index (Phi) is 11.9. The molecule has 0 aromatic heterocycles. The van der Waals surface area contributed by atoms with Gasteiger partial charge in [-0.1, -0.05) is 49.6 Å². The lowest BCUT2D eigenvalue weighted by Crippen LogP contribution is -2.53. The Hall–Kier alpha value is -4.25. The van der Waals surface area contributed by atoms with Gasteiger partial charge in [0.1, 0.15) is 18.3 Å². The van der Waals surface area contributed by atoms with E-state index in [-0.39, 0.29) is 34.8 Å². The third-order valence-corrected chi connectivity index (χ3v) is 9.99. The molecule has 0 aliphatic heterocycles. The highest BCUT2D eigenvalue weighted by Gasteiger charge is 2.35. The third kappa shape index (κ3) is 8.31. The van der Waals surface area contributed by atoms with Gasteiger partial charge in [0, 0.05) is 18.7 Å². The number of carbonyl (C=O) groups is 2. The standard InChI is InChI=1S/C35H45N3O7S/c1-6-31(35(40)36-27-10-8-9-11-27)37(23-26-14-12-25(3)13-15-26)34(39)24-38(28-16-18-29(19-17-28)45-7-2)46(41,42)30-20-21-32(43-4)33(22-30)44-5/h12-22,27,31H,6-11,23-24H2,1-5H3,(H,36,40)/t31-/m1/s1. The Morgan fingerprint density at radius 3 is 2.15 bits per heavy atom. The van der Waals surface area contributed by atoms with Crippen molar-refractivity contribution in [3.05, 3.63) is 77.9 Å². The molecule has 3 aromatic carbocycles. The van der Waals surface area contributed by atoms with Crippen LogP contribution in [-0.2, 0) is 26.2 Å². The lowest BCUT2D eigenvalue weighted by molar-refractivity contribution is -0.140. The van der Waals surface area contributed by atoms with Crippen molar-refractivity contribution in [3.63, 3.8) is 0 Å². The number of sulfonamides is 1. The van der Waals surface area contributed by atoms with Crippen LogP contribution in [0.5, 0.6) is 17.2 Å². The van der Waals surface area contributed by atoms with E-state index < -0.39 is 28.5 Å². The van der Waals surface area contributed by atoms with Crippen LogP contribution >= 0.6 is 0 Å². The van der Waals surface area contributed by atoms with Gasteiger partial charge in [0.15, 0.2) is 11.5 Å². The van der Waals surface area contributed by atoms with Gasteiger partial charge in [-0.05, 0) is 75.1 Å². The van der Waals surface area contributed by atoms with Gasteiger partial charge in [-0.3, -0.25) is 13.9 Å². The molecule has 0 spiro atoms. The molecule has 3 aromatic rings. The average Bonchev–Trinajstić information content (AvgIpc) is 3.57. The van der Waals surface area contributed by atoms with Crippen molar-refractivity contribution in [1.82, 2.24) is 10.2 Å². The molecule has 11 heteroatoms. The van der Waals surface area contributed by atoms with E-state index in [4.69, 9.17) is 14.2 Å². The van der Waals surface area contributed by atoms with Crippen LogP contribution in [0.2, 0.25) is 0 Å². The van der Waals surface area contributed by atoms with E-state index in [0.29, 0.717) is 24.5 Å². The van der Waals surface area contributed by atoms with Gasteiger partial charge in [-0.15, -0.1) is 0 Å². The summed E-state index contributed by atoms with van der Waals surface area (Å²) in [7, 11) is -1.42. The van der Waals surface area contributed by atoms with Crippen LogP contribution < -0.4 is 23.8 Å². The van der Waals surface area contributed by atoms with Crippen molar-refractivity contribution in [1.29, 1.82) is 0 Å². The monoisotopic (exact) mass is 651 g/mol. The summed E-state index contributed by atoms with van der Waals surface area (Å²) in [4.78, 5) is 29.4. The molecule has 46 heavy (non-hydrogen) atoms. The Morgan fingerprint density at radius 1 is 0.913 bits per heavy atom. The molecular weight excluding hydrogens is 606 g/mol. The number of anilines is 1. The number of amides is 2. The number of hydrogen-bond donors (Lipinski definition) is 1. The van der Waals surface area contributed by atoms with E-state index in [1.807, 2.05) is 45.0 Å². The molecule has 1 aliphatic carbocycles. The van der Waals surface area contributed by atoms with E-state index in [1.54, 1.807) is 24.3 Å². The summed E-state index contributed by atoms with van der Waals surface area (Å²) < 4.78 is 46.0. The fourth-order valence-electron chi connectivity index (χ4n) is 5.69. The molecular formula is C35H45N3O7S. The molecule has 10 nitrogen and oxygen atoms in total. The third-order valence-electron chi connectivity index (χ3n) is 8.22. The van der Waals surface area contributed by atoms with E-state index >= 15 is 0 Å². The fraction of sp³-hybridized carbons (Fsp3) is 0.429. The predicted octanol–water partition coefficient (Wildman–Crippen LogP) is 5.47. The Morgan fingerprint density at radius 2 is 1.57 bits per heavy atom. The molecule has 4 rings (SSSR count). The Bertz CT molecular complexity index is 1570. The number of rotatable bonds is 15. The van der Waals surface area contributed by atoms with Crippen LogP contribution in [0.25, 0.3) is 0 Å². The highest BCUT2D eigenvalue weighted by molar-refractivity contribution is 7.92. The molecule has 2 amide bonds. The van der Waals surface area contributed by atoms with Crippen LogP contribution in [0.15, 0.2) is 71.6 Å². The molecule has 0 saturated heterocycles. The molecule has 1 aliphatic rings. The lowest BCUT2D eigenvalue weighted by Gasteiger charge is -2.34. The molecule has 1 fully saturated rings. The van der Waals surface area contributed by atoms with Crippen molar-refractivity contribution in [2.24, 2.45) is 0 Å². The molecule has 1 N–H and O–H groups in total. The van der Waals surface area contributed by atoms with Crippen LogP contribution in [-0.4, -0.2) is 64.6 Å². The summed E-state index contributed by atoms with van der Waals surface area (Å²) in [6.07, 6.45) is 4.28. The first kappa shape index (κ1) is 34.6. The largest absolute Gasteiger partial charge is 0.494 e. The maximum Gasteiger partial charge on any atom is 0.264 e. The van der Waals surface area contributed by atoms with Crippen molar-refractivity contribution in [2.45, 2.75) is 76.4 Å². The van der Waals surface area contributed by atoms with Gasteiger partial charge in [-0.25, -0.2) is 8.42 Å². The summed E-state index contributed by atoms with van der Waals surface area (Å²) in [5, 5.41) is 3.14. The number of benzene rings is 3. The average molecular weight is 652 g/mol. The first-order chi connectivity index (χ1) is 22.1. The maximum absolute atomic E-state index is 14.4. The smallest absolute Gasteiger partial charge is 0.264 e. The van der Waals surface area contributed by atoms with Crippen molar-refractivity contribution >= 4 is 27.5 Å². The summed E-state index contributed by atoms with van der Waals surface area (Å²) >= 11 is 0. The zero-order valence-electron chi connectivity index (χ0n) is 27.3. The normalized spacial score (nSPS) is 13.9. The molecule has 248 valence electrons. The summed E-state index contributed by atoms with van der Waals surface area (Å²) in [5.41, 5.74) is 2.17. The number of nitrogens with zero attached hydrogens (tertiary/aromatic N) is 2. The number of nitrogens with one attached hydrogen (secondary N) is 1. The number of hydrogen-bond acceptors (Lipinski definition) is 7. The van der Waals surface area contributed by atoms with Crippen molar-refractivity contribution < 1.29 is 32.2 Å². The molecule has 0 heterocycles. The van der Waals surface area contributed by atoms with Gasteiger partial charge >= 0.3 is 0 Å². The van der Waals surface area contributed by atoms with Gasteiger partial charge < -0.3 is 24.4 Å². The topological polar surface area (TPSA) is 114 Å². The number of aryl methyl sites for hydroxylation is 1. The zero-order chi connectivity index (χ0) is 33.3. The van der Waals surface area contributed by atoms with E-state index in [2.05, 4.69) is 5.32 Å². The molecule has 0 bridgehead atoms. The van der Waals surface area contributed by atoms with Crippen molar-refractivity contribution in [3.8, 4) is 17.2 Å². The predicted molar refractivity (Wildman–Crippen MR) is 178 cm³/mol. The first-order valence-electron chi connectivity index (χ1n) is 15.7. The number of carbonyl (C=O) groups excluding carboxylic acids is 2. The second-order valence-electron chi connectivity index (χ2n) is 11.4. The van der Waals surface area contributed by atoms with Gasteiger partial charge in [0.2, 0.25) is 11.8 Å². The van der Waals surface area contributed by atoms with Gasteiger partial charge in [0.05, 0.1) is 31.4 Å². The molecule has 1 saturated carbocycles. The quantitative estimate of drug-likeness (QED) is 0.232. The SMILES string of the molecule is CCOc1ccc(N(CC(=O)N(Cc2ccc(C)cc2)[C@H](CC)C(=O)NC2CCCC2)S(=O)(=O)c2ccc(OC)c(OC)c2)cc1. The Labute approximate surface area is 272 Å². The van der Waals surface area contributed by atoms with E-state index in [1.165, 1.54) is 37.3 Å². The summed E-state index contributed by atoms with van der Waals surface area (Å²) in [6, 6.07) is 17.8. The van der Waals surface area contributed by atoms with E-state index in [0.717, 1.165) is 41.1 Å². The van der Waals surface area contributed by atoms with E-state index in [9.17, 15) is 18.0 Å². The van der Waals surface area contributed by atoms with Gasteiger partial charge in [0.25, 0.3) is 10.0 Å². The Balaban J connectivity index is 1.74. The summed E-state index contributed by atoms with van der Waals surface area (Å²) in [6.45, 7) is 5.74. The maximum atomic E-state index is 14.4. The fourth-order valence-corrected chi connectivity index (χ4v) is 7.12. The first-order valence-corrected chi connectivity index (χ1v) is 17.2. The summed E-state index contributed by atoms with van der Waals surface area (Å²) in [5.74, 6) is 0.430. The second kappa shape index (κ2) is 15.8. The second-order valence-corrected chi connectivity index (χ2v) is 13.2. The number of methoxy groups -OCH3 is 2. The highest BCUT2D eigenvalue weighted by Crippen LogP contribution is 2.33. The minimum atomic E-state index is -4.31. The van der Waals surface area contributed by atoms with Crippen LogP contribution in [0, 0.1) is 6.92 Å². The highest BCUT2D eigenvalue weighted by atomic mass is 32.2. The zero-order valence-corrected chi connectivity index (χ0v) is 28.1. The van der Waals surface area contributed by atoms with Gasteiger partial charge in [-0.2, -0.15) is 0 Å².